The average Bonchev–Trinajstić information content (AvgIpc) is 2.19. The fraction of sp³-hybridized carbons (Fsp3) is 0. The van der Waals surface area contributed by atoms with E-state index in [0.717, 1.165) is 0 Å². The summed E-state index contributed by atoms with van der Waals surface area (Å²) in [6, 6.07) is 1.68. The Bertz CT molecular complexity index is 423. The van der Waals surface area contributed by atoms with Gasteiger partial charge in [0.1, 0.15) is 12.1 Å². The maximum Gasteiger partial charge on any atom is 0.164 e. The van der Waals surface area contributed by atoms with Gasteiger partial charge >= 0.3 is 0 Å². The fourth-order valence-electron chi connectivity index (χ4n) is 0.966. The Morgan fingerprint density at radius 1 is 0.933 bits per heavy atom. The number of pyridine rings is 1. The number of halogens is 1. The van der Waals surface area contributed by atoms with Crippen LogP contribution in [0.1, 0.15) is 0 Å². The first-order chi connectivity index (χ1) is 6.84. The van der Waals surface area contributed by atoms with E-state index in [4.69, 9.17) is 10.5 Å². The molecule has 0 aliphatic heterocycles. The molecule has 0 aliphatic carbocycles. The van der Waals surface area contributed by atoms with E-state index in [1.54, 1.807) is 30.9 Å². The maximum absolute atomic E-state index is 5.54. The third-order valence-corrected chi connectivity index (χ3v) is 1.51. The molecule has 0 atom stereocenters. The lowest BCUT2D eigenvalue weighted by Gasteiger charge is -2.03. The van der Waals surface area contributed by atoms with Gasteiger partial charge in [-0.2, -0.15) is 0 Å². The Hall–Kier alpha value is -1.88. The number of nitrogen functional groups attached to an aromatic ring is 1. The van der Waals surface area contributed by atoms with Crippen molar-refractivity contribution in [3.8, 4) is 11.5 Å². The van der Waals surface area contributed by atoms with E-state index in [9.17, 15) is 0 Å². The second-order valence-electron chi connectivity index (χ2n) is 2.63. The second kappa shape index (κ2) is 5.11. The van der Waals surface area contributed by atoms with Crippen LogP contribution in [-0.2, 0) is 0 Å². The van der Waals surface area contributed by atoms with E-state index in [1.807, 2.05) is 0 Å². The zero-order valence-corrected chi connectivity index (χ0v) is 8.52. The van der Waals surface area contributed by atoms with Crippen LogP contribution in [0.25, 0.3) is 0 Å². The van der Waals surface area contributed by atoms with Gasteiger partial charge in [-0.15, -0.1) is 12.4 Å². The van der Waals surface area contributed by atoms with Gasteiger partial charge in [0.2, 0.25) is 0 Å². The van der Waals surface area contributed by atoms with Gasteiger partial charge in [-0.05, 0) is 0 Å². The molecular formula is C9H9ClN4O. The molecule has 78 valence electrons. The third kappa shape index (κ3) is 3.07. The maximum atomic E-state index is 5.54. The summed E-state index contributed by atoms with van der Waals surface area (Å²) in [5.41, 5.74) is 6.09. The fourth-order valence-corrected chi connectivity index (χ4v) is 0.966. The van der Waals surface area contributed by atoms with Crippen LogP contribution < -0.4 is 10.5 Å². The molecule has 2 N–H and O–H groups in total. The second-order valence-corrected chi connectivity index (χ2v) is 2.63. The Morgan fingerprint density at radius 2 is 1.60 bits per heavy atom. The molecule has 2 rings (SSSR count). The van der Waals surface area contributed by atoms with Gasteiger partial charge in [0.05, 0.1) is 30.5 Å². The summed E-state index contributed by atoms with van der Waals surface area (Å²) in [7, 11) is 0. The van der Waals surface area contributed by atoms with Crippen LogP contribution in [0.3, 0.4) is 0 Å². The van der Waals surface area contributed by atoms with Gasteiger partial charge in [-0.3, -0.25) is 4.98 Å². The molecule has 0 spiro atoms. The molecule has 0 aliphatic rings. The first-order valence-corrected chi connectivity index (χ1v) is 3.98. The van der Waals surface area contributed by atoms with Gasteiger partial charge in [0.25, 0.3) is 0 Å². The minimum absolute atomic E-state index is 0. The van der Waals surface area contributed by atoms with Crippen molar-refractivity contribution < 1.29 is 4.74 Å². The minimum atomic E-state index is 0. The summed E-state index contributed by atoms with van der Waals surface area (Å²) >= 11 is 0. The topological polar surface area (TPSA) is 73.9 Å². The molecule has 15 heavy (non-hydrogen) atoms. The molecule has 0 unspecified atom stereocenters. The van der Waals surface area contributed by atoms with Crippen molar-refractivity contribution in [2.24, 2.45) is 0 Å². The highest BCUT2D eigenvalue weighted by molar-refractivity contribution is 5.85. The summed E-state index contributed by atoms with van der Waals surface area (Å²) in [6.07, 6.45) is 7.69. The number of aromatic nitrogens is 3. The molecule has 2 heterocycles. The zero-order chi connectivity index (χ0) is 9.80. The molecule has 0 bridgehead atoms. The van der Waals surface area contributed by atoms with Gasteiger partial charge in [-0.25, -0.2) is 9.97 Å². The van der Waals surface area contributed by atoms with Crippen LogP contribution in [0.15, 0.2) is 37.2 Å². The Kier molecular flexibility index (Phi) is 3.82. The number of nitrogens with zero attached hydrogens (tertiary/aromatic N) is 3. The lowest BCUT2D eigenvalue weighted by molar-refractivity contribution is 0.475. The summed E-state index contributed by atoms with van der Waals surface area (Å²) in [5.74, 6) is 1.12. The number of anilines is 1. The highest BCUT2D eigenvalue weighted by Gasteiger charge is 1.97. The molecule has 0 saturated carbocycles. The van der Waals surface area contributed by atoms with Crippen molar-refractivity contribution in [1.29, 1.82) is 0 Å². The number of nitrogens with two attached hydrogens (primary N) is 1. The van der Waals surface area contributed by atoms with E-state index in [1.165, 1.54) is 6.33 Å². The molecule has 0 aromatic carbocycles. The van der Waals surface area contributed by atoms with Crippen molar-refractivity contribution in [3.05, 3.63) is 37.2 Å². The molecule has 0 saturated heterocycles. The van der Waals surface area contributed by atoms with Crippen molar-refractivity contribution >= 4 is 18.1 Å². The van der Waals surface area contributed by atoms with Crippen molar-refractivity contribution in [3.63, 3.8) is 0 Å². The van der Waals surface area contributed by atoms with E-state index < -0.39 is 0 Å². The lowest BCUT2D eigenvalue weighted by Crippen LogP contribution is -1.90. The van der Waals surface area contributed by atoms with Gasteiger partial charge < -0.3 is 10.5 Å². The highest BCUT2D eigenvalue weighted by atomic mass is 35.5. The first-order valence-electron chi connectivity index (χ1n) is 3.98. The van der Waals surface area contributed by atoms with Crippen LogP contribution >= 0.6 is 12.4 Å². The minimum Gasteiger partial charge on any atom is -0.452 e. The van der Waals surface area contributed by atoms with E-state index in [-0.39, 0.29) is 12.4 Å². The number of hydrogen-bond acceptors (Lipinski definition) is 5. The average molecular weight is 225 g/mol. The quantitative estimate of drug-likeness (QED) is 0.840. The highest BCUT2D eigenvalue weighted by Crippen LogP contribution is 2.19. The first kappa shape index (κ1) is 11.2. The van der Waals surface area contributed by atoms with E-state index in [2.05, 4.69) is 15.0 Å². The molecular weight excluding hydrogens is 216 g/mol. The standard InChI is InChI=1S/C9H8N4O.ClH/c10-7-1-8(3-11-2-7)14-9-4-12-6-13-5-9;/h1-6H,10H2;1H. The summed E-state index contributed by atoms with van der Waals surface area (Å²) in [5, 5.41) is 0. The summed E-state index contributed by atoms with van der Waals surface area (Å²) in [4.78, 5) is 11.5. The third-order valence-electron chi connectivity index (χ3n) is 1.51. The molecule has 0 amide bonds. The zero-order valence-electron chi connectivity index (χ0n) is 7.70. The van der Waals surface area contributed by atoms with Gasteiger partial charge in [-0.1, -0.05) is 0 Å². The monoisotopic (exact) mass is 224 g/mol. The molecule has 2 aromatic heterocycles. The smallest absolute Gasteiger partial charge is 0.164 e. The van der Waals surface area contributed by atoms with Crippen LogP contribution in [0.4, 0.5) is 5.69 Å². The van der Waals surface area contributed by atoms with Crippen LogP contribution in [0, 0.1) is 0 Å². The molecule has 6 heteroatoms. The Balaban J connectivity index is 0.00000112. The summed E-state index contributed by atoms with van der Waals surface area (Å²) in [6.45, 7) is 0. The van der Waals surface area contributed by atoms with Gasteiger partial charge in [0.15, 0.2) is 5.75 Å². The normalized spacial score (nSPS) is 9.07. The molecule has 0 radical (unpaired) electrons. The molecule has 2 aromatic rings. The largest absolute Gasteiger partial charge is 0.452 e. The molecule has 5 nitrogen and oxygen atoms in total. The number of hydrogen-bond donors (Lipinski definition) is 1. The predicted octanol–water partition coefficient (Wildman–Crippen LogP) is 1.67. The van der Waals surface area contributed by atoms with Gasteiger partial charge in [0, 0.05) is 6.07 Å². The summed E-state index contributed by atoms with van der Waals surface area (Å²) < 4.78 is 5.39. The van der Waals surface area contributed by atoms with Crippen LogP contribution in [0.5, 0.6) is 11.5 Å². The van der Waals surface area contributed by atoms with Crippen LogP contribution in [-0.4, -0.2) is 15.0 Å². The van der Waals surface area contributed by atoms with Crippen molar-refractivity contribution in [2.45, 2.75) is 0 Å². The lowest BCUT2D eigenvalue weighted by atomic mass is 10.4. The van der Waals surface area contributed by atoms with E-state index >= 15 is 0 Å². The SMILES string of the molecule is Cl.Nc1cncc(Oc2cncnc2)c1. The Morgan fingerprint density at radius 3 is 2.27 bits per heavy atom. The van der Waals surface area contributed by atoms with Crippen molar-refractivity contribution in [1.82, 2.24) is 15.0 Å². The van der Waals surface area contributed by atoms with Crippen molar-refractivity contribution in [2.75, 3.05) is 5.73 Å². The number of ether oxygens (including phenoxy) is 1. The predicted molar refractivity (Wildman–Crippen MR) is 58.0 cm³/mol. The Labute approximate surface area is 92.8 Å². The van der Waals surface area contributed by atoms with E-state index in [0.29, 0.717) is 17.2 Å². The number of rotatable bonds is 2. The molecule has 0 fully saturated rings. The van der Waals surface area contributed by atoms with Crippen LogP contribution in [0.2, 0.25) is 0 Å².